The third kappa shape index (κ3) is 4.15. The standard InChI is InChI=1S/C19H15ClN4/c20-19-12-4-11-18(24-19)17-10-3-8-15(23-17)7-1-5-14-6-2-9-16(13-21)22-14/h2-4,6,8-12H,1,5,7H2. The molecule has 3 heterocycles. The van der Waals surface area contributed by atoms with Crippen molar-refractivity contribution in [2.24, 2.45) is 0 Å². The van der Waals surface area contributed by atoms with Crippen molar-refractivity contribution >= 4 is 11.6 Å². The van der Waals surface area contributed by atoms with Crippen LogP contribution in [-0.2, 0) is 12.8 Å². The van der Waals surface area contributed by atoms with Gasteiger partial charge in [0, 0.05) is 11.4 Å². The second-order valence-corrected chi connectivity index (χ2v) is 5.73. The molecule has 5 heteroatoms. The lowest BCUT2D eigenvalue weighted by atomic mass is 10.1. The number of rotatable bonds is 5. The topological polar surface area (TPSA) is 62.5 Å². The minimum absolute atomic E-state index is 0.458. The maximum Gasteiger partial charge on any atom is 0.140 e. The lowest BCUT2D eigenvalue weighted by molar-refractivity contribution is 0.781. The zero-order valence-electron chi connectivity index (χ0n) is 13.0. The summed E-state index contributed by atoms with van der Waals surface area (Å²) >= 11 is 5.94. The summed E-state index contributed by atoms with van der Waals surface area (Å²) in [6.45, 7) is 0. The van der Waals surface area contributed by atoms with Gasteiger partial charge in [-0.2, -0.15) is 5.26 Å². The lowest BCUT2D eigenvalue weighted by Gasteiger charge is -2.05. The second kappa shape index (κ2) is 7.67. The molecule has 0 atom stereocenters. The van der Waals surface area contributed by atoms with Crippen LogP contribution in [0.1, 0.15) is 23.5 Å². The Kier molecular flexibility index (Phi) is 5.15. The summed E-state index contributed by atoms with van der Waals surface area (Å²) < 4.78 is 0. The molecule has 0 radical (unpaired) electrons. The van der Waals surface area contributed by atoms with Crippen LogP contribution in [0, 0.1) is 11.3 Å². The number of pyridine rings is 3. The van der Waals surface area contributed by atoms with Crippen LogP contribution in [0.25, 0.3) is 11.4 Å². The van der Waals surface area contributed by atoms with Gasteiger partial charge in [-0.3, -0.25) is 4.98 Å². The lowest BCUT2D eigenvalue weighted by Crippen LogP contribution is -1.97. The highest BCUT2D eigenvalue weighted by atomic mass is 35.5. The molecule has 0 unspecified atom stereocenters. The zero-order chi connectivity index (χ0) is 16.8. The Hall–Kier alpha value is -2.77. The van der Waals surface area contributed by atoms with E-state index >= 15 is 0 Å². The summed E-state index contributed by atoms with van der Waals surface area (Å²) in [5, 5.41) is 9.35. The molecule has 3 aromatic rings. The van der Waals surface area contributed by atoms with Crippen molar-refractivity contribution in [3.63, 3.8) is 0 Å². The molecule has 24 heavy (non-hydrogen) atoms. The maximum atomic E-state index is 8.89. The fraction of sp³-hybridized carbons (Fsp3) is 0.158. The van der Waals surface area contributed by atoms with Gasteiger partial charge in [0.05, 0.1) is 11.4 Å². The first kappa shape index (κ1) is 16.1. The molecule has 0 aliphatic heterocycles. The van der Waals surface area contributed by atoms with Crippen LogP contribution in [0.15, 0.2) is 54.6 Å². The monoisotopic (exact) mass is 334 g/mol. The number of halogens is 1. The fourth-order valence-electron chi connectivity index (χ4n) is 2.44. The van der Waals surface area contributed by atoms with Crippen LogP contribution < -0.4 is 0 Å². The van der Waals surface area contributed by atoms with Gasteiger partial charge in [0.2, 0.25) is 0 Å². The molecule has 4 nitrogen and oxygen atoms in total. The van der Waals surface area contributed by atoms with E-state index in [4.69, 9.17) is 16.9 Å². The Bertz CT molecular complexity index is 886. The first-order valence-corrected chi connectivity index (χ1v) is 8.07. The highest BCUT2D eigenvalue weighted by Gasteiger charge is 2.04. The fourth-order valence-corrected chi connectivity index (χ4v) is 2.61. The first-order chi connectivity index (χ1) is 11.7. The van der Waals surface area contributed by atoms with Crippen molar-refractivity contribution in [2.45, 2.75) is 19.3 Å². The number of hydrogen-bond donors (Lipinski definition) is 0. The molecular weight excluding hydrogens is 320 g/mol. The van der Waals surface area contributed by atoms with E-state index in [1.807, 2.05) is 42.5 Å². The van der Waals surface area contributed by atoms with Gasteiger partial charge >= 0.3 is 0 Å². The van der Waals surface area contributed by atoms with Crippen LogP contribution >= 0.6 is 11.6 Å². The highest BCUT2D eigenvalue weighted by Crippen LogP contribution is 2.17. The van der Waals surface area contributed by atoms with Crippen molar-refractivity contribution in [1.82, 2.24) is 15.0 Å². The predicted octanol–water partition coefficient (Wildman–Crippen LogP) is 4.24. The molecule has 0 saturated heterocycles. The smallest absolute Gasteiger partial charge is 0.140 e. The number of aromatic nitrogens is 3. The van der Waals surface area contributed by atoms with Crippen LogP contribution in [0.3, 0.4) is 0 Å². The predicted molar refractivity (Wildman–Crippen MR) is 93.5 cm³/mol. The summed E-state index contributed by atoms with van der Waals surface area (Å²) in [6, 6.07) is 19.0. The third-order valence-electron chi connectivity index (χ3n) is 3.57. The van der Waals surface area contributed by atoms with E-state index in [1.54, 1.807) is 12.1 Å². The van der Waals surface area contributed by atoms with Gasteiger partial charge in [-0.25, -0.2) is 9.97 Å². The molecule has 0 spiro atoms. The molecule has 3 rings (SSSR count). The molecule has 0 fully saturated rings. The first-order valence-electron chi connectivity index (χ1n) is 7.69. The summed E-state index contributed by atoms with van der Waals surface area (Å²) in [6.07, 6.45) is 2.57. The van der Waals surface area contributed by atoms with Gasteiger partial charge in [0.15, 0.2) is 0 Å². The summed E-state index contributed by atoms with van der Waals surface area (Å²) in [5.41, 5.74) is 3.99. The Morgan fingerprint density at radius 2 is 1.42 bits per heavy atom. The Morgan fingerprint density at radius 1 is 0.792 bits per heavy atom. The maximum absolute atomic E-state index is 8.89. The van der Waals surface area contributed by atoms with Gasteiger partial charge in [-0.1, -0.05) is 29.8 Å². The summed E-state index contributed by atoms with van der Waals surface area (Å²) in [4.78, 5) is 13.2. The normalized spacial score (nSPS) is 10.3. The average Bonchev–Trinajstić information content (AvgIpc) is 2.62. The minimum Gasteiger partial charge on any atom is -0.251 e. The molecule has 0 saturated carbocycles. The van der Waals surface area contributed by atoms with Crippen LogP contribution in [-0.4, -0.2) is 15.0 Å². The highest BCUT2D eigenvalue weighted by molar-refractivity contribution is 6.29. The van der Waals surface area contributed by atoms with Gasteiger partial charge < -0.3 is 0 Å². The molecule has 0 aliphatic carbocycles. The largest absolute Gasteiger partial charge is 0.251 e. The van der Waals surface area contributed by atoms with Crippen LogP contribution in [0.5, 0.6) is 0 Å². The molecule has 0 aliphatic rings. The molecule has 118 valence electrons. The van der Waals surface area contributed by atoms with Crippen LogP contribution in [0.4, 0.5) is 0 Å². The minimum atomic E-state index is 0.458. The average molecular weight is 335 g/mol. The molecular formula is C19H15ClN4. The van der Waals surface area contributed by atoms with Crippen molar-refractivity contribution in [2.75, 3.05) is 0 Å². The molecule has 0 amide bonds. The molecule has 0 bridgehead atoms. The molecule has 3 aromatic heterocycles. The van der Waals surface area contributed by atoms with Gasteiger partial charge in [-0.05, 0) is 55.7 Å². The SMILES string of the molecule is N#Cc1cccc(CCCc2cccc(-c3cccc(Cl)n3)n2)n1. The number of aryl methyl sites for hydroxylation is 2. The number of nitriles is 1. The summed E-state index contributed by atoms with van der Waals surface area (Å²) in [5.74, 6) is 0. The number of hydrogen-bond acceptors (Lipinski definition) is 4. The van der Waals surface area contributed by atoms with Gasteiger partial charge in [-0.15, -0.1) is 0 Å². The van der Waals surface area contributed by atoms with E-state index < -0.39 is 0 Å². The second-order valence-electron chi connectivity index (χ2n) is 5.34. The van der Waals surface area contributed by atoms with E-state index in [9.17, 15) is 0 Å². The third-order valence-corrected chi connectivity index (χ3v) is 3.78. The Labute approximate surface area is 145 Å². The van der Waals surface area contributed by atoms with E-state index in [0.29, 0.717) is 10.8 Å². The number of nitrogens with zero attached hydrogens (tertiary/aromatic N) is 4. The van der Waals surface area contributed by atoms with Crippen LogP contribution in [0.2, 0.25) is 5.15 Å². The van der Waals surface area contributed by atoms with E-state index in [1.165, 1.54) is 0 Å². The van der Waals surface area contributed by atoms with Crippen molar-refractivity contribution in [1.29, 1.82) is 5.26 Å². The van der Waals surface area contributed by atoms with Crippen molar-refractivity contribution < 1.29 is 0 Å². The van der Waals surface area contributed by atoms with Crippen molar-refractivity contribution in [3.05, 3.63) is 76.8 Å². The van der Waals surface area contributed by atoms with E-state index in [0.717, 1.165) is 42.0 Å². The Balaban J connectivity index is 1.66. The quantitative estimate of drug-likeness (QED) is 0.655. The van der Waals surface area contributed by atoms with Gasteiger partial charge in [0.25, 0.3) is 0 Å². The zero-order valence-corrected chi connectivity index (χ0v) is 13.7. The van der Waals surface area contributed by atoms with Gasteiger partial charge in [0.1, 0.15) is 16.9 Å². The van der Waals surface area contributed by atoms with E-state index in [2.05, 4.69) is 21.0 Å². The molecule has 0 N–H and O–H groups in total. The summed E-state index contributed by atoms with van der Waals surface area (Å²) in [7, 11) is 0. The van der Waals surface area contributed by atoms with E-state index in [-0.39, 0.29) is 0 Å². The Morgan fingerprint density at radius 3 is 2.12 bits per heavy atom. The van der Waals surface area contributed by atoms with Crippen molar-refractivity contribution in [3.8, 4) is 17.5 Å². The molecule has 0 aromatic carbocycles.